The molecule has 4 aliphatic carbocycles. The van der Waals surface area contributed by atoms with Crippen molar-refractivity contribution in [1.82, 2.24) is 0 Å². The van der Waals surface area contributed by atoms with E-state index in [1.807, 2.05) is 6.08 Å². The summed E-state index contributed by atoms with van der Waals surface area (Å²) >= 11 is 0. The average molecular weight is 316 g/mol. The number of allylic oxidation sites excluding steroid dienone is 1. The number of carbonyl (C=O) groups is 2. The molecule has 0 aromatic rings. The number of aliphatic carboxylic acids is 1. The second-order valence-corrected chi connectivity index (χ2v) is 8.83. The van der Waals surface area contributed by atoms with E-state index in [0.717, 1.165) is 32.1 Å². The molecule has 0 spiro atoms. The van der Waals surface area contributed by atoms with Gasteiger partial charge < -0.3 is 5.11 Å². The molecule has 3 nitrogen and oxygen atoms in total. The molecule has 3 saturated carbocycles. The van der Waals surface area contributed by atoms with Gasteiger partial charge in [0.1, 0.15) is 0 Å². The summed E-state index contributed by atoms with van der Waals surface area (Å²) in [6, 6.07) is 0. The Kier molecular flexibility index (Phi) is 3.48. The topological polar surface area (TPSA) is 54.4 Å². The fraction of sp³-hybridized carbons (Fsp3) is 0.800. The fourth-order valence-electron chi connectivity index (χ4n) is 6.96. The minimum atomic E-state index is -0.610. The van der Waals surface area contributed by atoms with Gasteiger partial charge in [-0.25, -0.2) is 0 Å². The number of rotatable bonds is 2. The van der Waals surface area contributed by atoms with Gasteiger partial charge in [-0.1, -0.05) is 18.9 Å². The minimum Gasteiger partial charge on any atom is -0.481 e. The monoisotopic (exact) mass is 316 g/mol. The maximum Gasteiger partial charge on any atom is 0.303 e. The van der Waals surface area contributed by atoms with Crippen molar-refractivity contribution in [1.29, 1.82) is 0 Å². The lowest BCUT2D eigenvalue weighted by molar-refractivity contribution is -0.143. The van der Waals surface area contributed by atoms with Crippen molar-refractivity contribution in [2.24, 2.45) is 28.6 Å². The Labute approximate surface area is 138 Å². The van der Waals surface area contributed by atoms with Gasteiger partial charge >= 0.3 is 5.97 Å². The number of carbonyl (C=O) groups excluding carboxylic acids is 1. The van der Waals surface area contributed by atoms with E-state index < -0.39 is 5.97 Å². The zero-order valence-corrected chi connectivity index (χ0v) is 14.1. The van der Waals surface area contributed by atoms with E-state index in [1.54, 1.807) is 0 Å². The third-order valence-corrected chi connectivity index (χ3v) is 7.99. The lowest BCUT2D eigenvalue weighted by atomic mass is 9.47. The summed E-state index contributed by atoms with van der Waals surface area (Å²) in [5.41, 5.74) is 1.68. The zero-order chi connectivity index (χ0) is 16.2. The van der Waals surface area contributed by atoms with Crippen LogP contribution in [0.3, 0.4) is 0 Å². The Morgan fingerprint density at radius 2 is 2.00 bits per heavy atom. The lowest BCUT2D eigenvalue weighted by Crippen LogP contribution is -2.50. The van der Waals surface area contributed by atoms with E-state index in [0.29, 0.717) is 36.4 Å². The molecule has 23 heavy (non-hydrogen) atoms. The molecule has 0 aromatic heterocycles. The van der Waals surface area contributed by atoms with E-state index in [-0.39, 0.29) is 10.8 Å². The van der Waals surface area contributed by atoms with Gasteiger partial charge in [0.2, 0.25) is 0 Å². The maximum absolute atomic E-state index is 11.8. The lowest BCUT2D eigenvalue weighted by Gasteiger charge is -2.57. The van der Waals surface area contributed by atoms with Crippen LogP contribution in [0, 0.1) is 28.6 Å². The summed E-state index contributed by atoms with van der Waals surface area (Å²) in [6.45, 7) is 2.39. The van der Waals surface area contributed by atoms with Crippen LogP contribution in [0.1, 0.15) is 71.1 Å². The number of hydrogen-bond donors (Lipinski definition) is 1. The Hall–Kier alpha value is -1.12. The smallest absolute Gasteiger partial charge is 0.303 e. The standard InChI is InChI=1S/C20H28O3/c1-19-9-6-14(21)11-13(19)4-5-15-16(19)7-10-20(12-18(22)23)8-2-3-17(15)20/h11,15-17H,2-10,12H2,1H3,(H,22,23)/t15-,16+,17+,19+,20+/m1/s1. The molecule has 3 heteroatoms. The number of hydrogen-bond acceptors (Lipinski definition) is 2. The molecule has 0 aliphatic heterocycles. The number of carboxylic acids is 1. The normalized spacial score (nSPS) is 45.7. The Bertz CT molecular complexity index is 577. The highest BCUT2D eigenvalue weighted by Crippen LogP contribution is 2.66. The Balaban J connectivity index is 1.66. The molecule has 126 valence electrons. The predicted molar refractivity (Wildman–Crippen MR) is 87.9 cm³/mol. The van der Waals surface area contributed by atoms with Gasteiger partial charge in [0.15, 0.2) is 5.78 Å². The van der Waals surface area contributed by atoms with Crippen molar-refractivity contribution >= 4 is 11.8 Å². The van der Waals surface area contributed by atoms with Gasteiger partial charge in [-0.15, -0.1) is 0 Å². The first-order valence-corrected chi connectivity index (χ1v) is 9.40. The first-order valence-electron chi connectivity index (χ1n) is 9.40. The molecule has 0 aromatic carbocycles. The van der Waals surface area contributed by atoms with Crippen molar-refractivity contribution in [3.63, 3.8) is 0 Å². The molecular formula is C20H28O3. The van der Waals surface area contributed by atoms with Gasteiger partial charge in [0.25, 0.3) is 0 Å². The van der Waals surface area contributed by atoms with E-state index >= 15 is 0 Å². The number of ketones is 1. The summed E-state index contributed by atoms with van der Waals surface area (Å²) < 4.78 is 0. The maximum atomic E-state index is 11.8. The van der Waals surface area contributed by atoms with Gasteiger partial charge in [-0.2, -0.15) is 0 Å². The van der Waals surface area contributed by atoms with E-state index in [4.69, 9.17) is 0 Å². The van der Waals surface area contributed by atoms with Crippen LogP contribution in [0.4, 0.5) is 0 Å². The van der Waals surface area contributed by atoms with Crippen LogP contribution in [-0.2, 0) is 9.59 Å². The van der Waals surface area contributed by atoms with Crippen molar-refractivity contribution in [2.45, 2.75) is 71.1 Å². The highest BCUT2D eigenvalue weighted by Gasteiger charge is 2.58. The van der Waals surface area contributed by atoms with Crippen LogP contribution in [0.15, 0.2) is 11.6 Å². The molecule has 3 fully saturated rings. The van der Waals surface area contributed by atoms with Crippen LogP contribution in [0.5, 0.6) is 0 Å². The van der Waals surface area contributed by atoms with Crippen LogP contribution in [0.2, 0.25) is 0 Å². The quantitative estimate of drug-likeness (QED) is 0.823. The molecular weight excluding hydrogens is 288 g/mol. The van der Waals surface area contributed by atoms with Gasteiger partial charge in [0.05, 0.1) is 6.42 Å². The molecule has 1 N–H and O–H groups in total. The van der Waals surface area contributed by atoms with E-state index in [2.05, 4.69) is 6.92 Å². The first kappa shape index (κ1) is 15.4. The second-order valence-electron chi connectivity index (χ2n) is 8.83. The number of carboxylic acid groups (broad SMARTS) is 1. The van der Waals surface area contributed by atoms with Crippen LogP contribution in [-0.4, -0.2) is 16.9 Å². The predicted octanol–water partition coefficient (Wildman–Crippen LogP) is 4.36. The van der Waals surface area contributed by atoms with Crippen molar-refractivity contribution < 1.29 is 14.7 Å². The summed E-state index contributed by atoms with van der Waals surface area (Å²) in [4.78, 5) is 23.3. The van der Waals surface area contributed by atoms with E-state index in [9.17, 15) is 14.7 Å². The molecule has 0 saturated heterocycles. The van der Waals surface area contributed by atoms with Crippen molar-refractivity contribution in [3.05, 3.63) is 11.6 Å². The van der Waals surface area contributed by atoms with E-state index in [1.165, 1.54) is 24.8 Å². The van der Waals surface area contributed by atoms with Crippen molar-refractivity contribution in [3.8, 4) is 0 Å². The summed E-state index contributed by atoms with van der Waals surface area (Å²) in [7, 11) is 0. The van der Waals surface area contributed by atoms with Crippen molar-refractivity contribution in [2.75, 3.05) is 0 Å². The molecule has 5 atom stereocenters. The van der Waals surface area contributed by atoms with Gasteiger partial charge in [0, 0.05) is 6.42 Å². The second kappa shape index (κ2) is 5.19. The Morgan fingerprint density at radius 1 is 1.17 bits per heavy atom. The SMILES string of the molecule is C[C@]12CCC(=O)C=C1CC[C@H]1[C@@H]3CCC[C@@]3(CC(=O)O)CC[C@@H]12. The van der Waals surface area contributed by atoms with Crippen LogP contribution >= 0.6 is 0 Å². The highest BCUT2D eigenvalue weighted by molar-refractivity contribution is 5.91. The molecule has 0 radical (unpaired) electrons. The molecule has 4 aliphatic rings. The minimum absolute atomic E-state index is 0.0784. The summed E-state index contributed by atoms with van der Waals surface area (Å²) in [6.07, 6.45) is 12.1. The zero-order valence-electron chi connectivity index (χ0n) is 14.1. The average Bonchev–Trinajstić information content (AvgIpc) is 2.90. The highest BCUT2D eigenvalue weighted by atomic mass is 16.4. The molecule has 0 bridgehead atoms. The Morgan fingerprint density at radius 3 is 2.78 bits per heavy atom. The first-order chi connectivity index (χ1) is 10.9. The van der Waals surface area contributed by atoms with Crippen LogP contribution in [0.25, 0.3) is 0 Å². The van der Waals surface area contributed by atoms with Gasteiger partial charge in [-0.05, 0) is 79.6 Å². The number of fused-ring (bicyclic) bond motifs is 5. The summed E-state index contributed by atoms with van der Waals surface area (Å²) in [5.74, 6) is 1.66. The molecule has 0 heterocycles. The molecule has 4 rings (SSSR count). The summed E-state index contributed by atoms with van der Waals surface area (Å²) in [5, 5.41) is 9.42. The largest absolute Gasteiger partial charge is 0.481 e. The third-order valence-electron chi connectivity index (χ3n) is 7.99. The third kappa shape index (κ3) is 2.22. The molecule has 0 amide bonds. The van der Waals surface area contributed by atoms with Crippen LogP contribution < -0.4 is 0 Å². The van der Waals surface area contributed by atoms with Gasteiger partial charge in [-0.3, -0.25) is 9.59 Å². The molecule has 0 unspecified atom stereocenters. The fourth-order valence-corrected chi connectivity index (χ4v) is 6.96.